The fourth-order valence-corrected chi connectivity index (χ4v) is 1.59. The third-order valence-electron chi connectivity index (χ3n) is 2.78. The molecule has 0 unspecified atom stereocenters. The van der Waals surface area contributed by atoms with Crippen molar-refractivity contribution in [3.8, 4) is 0 Å². The lowest BCUT2D eigenvalue weighted by Gasteiger charge is -2.07. The number of ether oxygens (including phenoxy) is 4. The number of hydrogen-bond donors (Lipinski definition) is 2. The van der Waals surface area contributed by atoms with Crippen LogP contribution in [0.15, 0.2) is 25.3 Å². The summed E-state index contributed by atoms with van der Waals surface area (Å²) in [6.07, 6.45) is 4.68. The maximum absolute atomic E-state index is 10.9. The fraction of sp³-hybridized carbons (Fsp3) is 0.706. The second kappa shape index (κ2) is 19.8. The molecule has 0 aromatic rings. The third kappa shape index (κ3) is 18.8. The number of carbonyl (C=O) groups excluding carboxylic acids is 1. The highest BCUT2D eigenvalue weighted by Crippen LogP contribution is 1.86. The average Bonchev–Trinajstić information content (AvgIpc) is 2.60. The first kappa shape index (κ1) is 22.8. The van der Waals surface area contributed by atoms with Gasteiger partial charge in [-0.2, -0.15) is 0 Å². The van der Waals surface area contributed by atoms with Crippen LogP contribution in [0.25, 0.3) is 0 Å². The van der Waals surface area contributed by atoms with Crippen molar-refractivity contribution in [1.82, 2.24) is 10.6 Å². The number of carbonyl (C=O) groups is 1. The van der Waals surface area contributed by atoms with Gasteiger partial charge in [-0.1, -0.05) is 12.7 Å². The van der Waals surface area contributed by atoms with Gasteiger partial charge in [-0.05, 0) is 25.5 Å². The van der Waals surface area contributed by atoms with E-state index in [1.165, 1.54) is 6.08 Å². The molecule has 2 N–H and O–H groups in total. The van der Waals surface area contributed by atoms with E-state index in [9.17, 15) is 4.79 Å². The Bertz CT molecular complexity index is 324. The molecule has 0 heterocycles. The number of amides is 1. The van der Waals surface area contributed by atoms with Crippen LogP contribution in [0.5, 0.6) is 0 Å². The Morgan fingerprint density at radius 1 is 0.875 bits per heavy atom. The van der Waals surface area contributed by atoms with Crippen LogP contribution >= 0.6 is 0 Å². The Morgan fingerprint density at radius 2 is 1.46 bits per heavy atom. The number of hydrogen-bond acceptors (Lipinski definition) is 6. The standard InChI is InChI=1S/C17H32N2O5.2H2/c1-3-9-24-16-18-7-5-10-21-12-14-23-15-13-22-11-6-8-19-17(20)4-2;;/h3-4,18H,1-2,5-16H2,(H,19,20);2*1H. The summed E-state index contributed by atoms with van der Waals surface area (Å²) in [7, 11) is 0. The quantitative estimate of drug-likeness (QED) is 0.159. The normalized spacial score (nSPS) is 10.5. The van der Waals surface area contributed by atoms with Crippen molar-refractivity contribution in [2.24, 2.45) is 0 Å². The molecule has 144 valence electrons. The summed E-state index contributed by atoms with van der Waals surface area (Å²) in [6, 6.07) is 0. The van der Waals surface area contributed by atoms with Gasteiger partial charge < -0.3 is 24.3 Å². The van der Waals surface area contributed by atoms with Crippen molar-refractivity contribution in [3.05, 3.63) is 25.3 Å². The molecule has 0 aromatic carbocycles. The molecule has 0 fully saturated rings. The lowest BCUT2D eigenvalue weighted by atomic mass is 10.4. The summed E-state index contributed by atoms with van der Waals surface area (Å²) >= 11 is 0. The molecule has 0 atom stereocenters. The summed E-state index contributed by atoms with van der Waals surface area (Å²) in [6.45, 7) is 13.0. The summed E-state index contributed by atoms with van der Waals surface area (Å²) in [4.78, 5) is 10.9. The lowest BCUT2D eigenvalue weighted by Crippen LogP contribution is -2.23. The molecule has 0 saturated heterocycles. The molecule has 0 aliphatic carbocycles. The van der Waals surface area contributed by atoms with Gasteiger partial charge in [0.2, 0.25) is 5.91 Å². The van der Waals surface area contributed by atoms with Crippen LogP contribution in [0.4, 0.5) is 0 Å². The van der Waals surface area contributed by atoms with Crippen molar-refractivity contribution in [1.29, 1.82) is 0 Å². The molecular weight excluding hydrogens is 312 g/mol. The summed E-state index contributed by atoms with van der Waals surface area (Å²) < 4.78 is 21.4. The molecule has 0 aliphatic heterocycles. The van der Waals surface area contributed by atoms with Crippen LogP contribution in [-0.4, -0.2) is 72.0 Å². The fourth-order valence-electron chi connectivity index (χ4n) is 1.59. The lowest BCUT2D eigenvalue weighted by molar-refractivity contribution is -0.116. The monoisotopic (exact) mass is 348 g/mol. The largest absolute Gasteiger partial charge is 0.379 e. The number of nitrogens with one attached hydrogen (secondary N) is 2. The zero-order valence-electron chi connectivity index (χ0n) is 14.6. The van der Waals surface area contributed by atoms with Crippen molar-refractivity contribution in [3.63, 3.8) is 0 Å². The van der Waals surface area contributed by atoms with Gasteiger partial charge in [0.1, 0.15) is 0 Å². The zero-order chi connectivity index (χ0) is 17.7. The first-order chi connectivity index (χ1) is 11.8. The van der Waals surface area contributed by atoms with Gasteiger partial charge in [-0.3, -0.25) is 10.1 Å². The smallest absolute Gasteiger partial charge is 0.243 e. The van der Waals surface area contributed by atoms with E-state index in [0.29, 0.717) is 59.5 Å². The van der Waals surface area contributed by atoms with Crippen molar-refractivity contribution in [2.45, 2.75) is 12.8 Å². The highest BCUT2D eigenvalue weighted by molar-refractivity contribution is 5.86. The van der Waals surface area contributed by atoms with Crippen molar-refractivity contribution >= 4 is 5.91 Å². The second-order valence-electron chi connectivity index (χ2n) is 4.84. The average molecular weight is 348 g/mol. The van der Waals surface area contributed by atoms with E-state index < -0.39 is 0 Å². The molecule has 0 rings (SSSR count). The van der Waals surface area contributed by atoms with Crippen LogP contribution < -0.4 is 10.6 Å². The Hall–Kier alpha value is -1.25. The van der Waals surface area contributed by atoms with Gasteiger partial charge in [0.05, 0.1) is 39.8 Å². The maximum Gasteiger partial charge on any atom is 0.243 e. The summed E-state index contributed by atoms with van der Waals surface area (Å²) in [5.74, 6) is -0.157. The van der Waals surface area contributed by atoms with Gasteiger partial charge >= 0.3 is 0 Å². The molecule has 7 nitrogen and oxygen atoms in total. The minimum Gasteiger partial charge on any atom is -0.379 e. The highest BCUT2D eigenvalue weighted by atomic mass is 16.5. The van der Waals surface area contributed by atoms with Crippen molar-refractivity contribution in [2.75, 3.05) is 66.1 Å². The second-order valence-corrected chi connectivity index (χ2v) is 4.84. The van der Waals surface area contributed by atoms with E-state index in [4.69, 9.17) is 18.9 Å². The Morgan fingerprint density at radius 3 is 2.04 bits per heavy atom. The van der Waals surface area contributed by atoms with Gasteiger partial charge in [-0.25, -0.2) is 0 Å². The zero-order valence-corrected chi connectivity index (χ0v) is 14.6. The van der Waals surface area contributed by atoms with E-state index in [0.717, 1.165) is 19.4 Å². The Balaban J connectivity index is -0.00000264. The van der Waals surface area contributed by atoms with Crippen molar-refractivity contribution < 1.29 is 26.6 Å². The minimum atomic E-state index is -0.157. The van der Waals surface area contributed by atoms with Crippen LogP contribution in [-0.2, 0) is 23.7 Å². The van der Waals surface area contributed by atoms with Crippen LogP contribution in [0.3, 0.4) is 0 Å². The van der Waals surface area contributed by atoms with Gasteiger partial charge in [0.25, 0.3) is 0 Å². The van der Waals surface area contributed by atoms with Crippen LogP contribution in [0.2, 0.25) is 0 Å². The molecule has 24 heavy (non-hydrogen) atoms. The topological polar surface area (TPSA) is 78.1 Å². The molecule has 0 radical (unpaired) electrons. The third-order valence-corrected chi connectivity index (χ3v) is 2.78. The molecular formula is C17H36N2O5. The van der Waals surface area contributed by atoms with E-state index in [1.807, 2.05) is 0 Å². The first-order valence-electron chi connectivity index (χ1n) is 8.34. The molecule has 0 aromatic heterocycles. The predicted molar refractivity (Wildman–Crippen MR) is 98.1 cm³/mol. The maximum atomic E-state index is 10.9. The summed E-state index contributed by atoms with van der Waals surface area (Å²) in [5, 5.41) is 5.83. The van der Waals surface area contributed by atoms with Gasteiger partial charge in [0.15, 0.2) is 0 Å². The molecule has 7 heteroatoms. The van der Waals surface area contributed by atoms with E-state index >= 15 is 0 Å². The van der Waals surface area contributed by atoms with Gasteiger partial charge in [0, 0.05) is 22.6 Å². The first-order valence-corrected chi connectivity index (χ1v) is 8.34. The minimum absolute atomic E-state index is 0. The molecule has 0 bridgehead atoms. The molecule has 1 amide bonds. The SMILES string of the molecule is C=CCOCNCCCOCCOCCOCCCNC(=O)C=C.[HH].[HH]. The highest BCUT2D eigenvalue weighted by Gasteiger charge is 1.94. The Labute approximate surface area is 148 Å². The van der Waals surface area contributed by atoms with E-state index in [-0.39, 0.29) is 8.76 Å². The number of rotatable bonds is 19. The molecule has 0 aliphatic rings. The van der Waals surface area contributed by atoms with Crippen LogP contribution in [0.1, 0.15) is 15.7 Å². The van der Waals surface area contributed by atoms with Gasteiger partial charge in [-0.15, -0.1) is 6.58 Å². The molecule has 0 spiro atoms. The molecule has 0 saturated carbocycles. The van der Waals surface area contributed by atoms with E-state index in [2.05, 4.69) is 23.8 Å². The van der Waals surface area contributed by atoms with E-state index in [1.54, 1.807) is 6.08 Å². The van der Waals surface area contributed by atoms with Crippen LogP contribution in [0, 0.1) is 0 Å². The summed E-state index contributed by atoms with van der Waals surface area (Å²) in [5.41, 5.74) is 0. The predicted octanol–water partition coefficient (Wildman–Crippen LogP) is 1.36. The Kier molecular flexibility index (Phi) is 18.8.